The highest BCUT2D eigenvalue weighted by Gasteiger charge is 2.39. The molecule has 5 rings (SSSR count). The Labute approximate surface area is 209 Å². The number of benzene rings is 2. The minimum absolute atomic E-state index is 0.107. The molecular formula is C29H33FN2O4. The monoisotopic (exact) mass is 492 g/mol. The summed E-state index contributed by atoms with van der Waals surface area (Å²) in [4.78, 5) is 28.1. The lowest BCUT2D eigenvalue weighted by atomic mass is 9.84. The lowest BCUT2D eigenvalue weighted by Gasteiger charge is -2.37. The van der Waals surface area contributed by atoms with Crippen molar-refractivity contribution >= 4 is 16.9 Å². The summed E-state index contributed by atoms with van der Waals surface area (Å²) >= 11 is 0. The molecule has 1 heterocycles. The Balaban J connectivity index is 1.45. The van der Waals surface area contributed by atoms with Crippen LogP contribution < -0.4 is 15.5 Å². The number of carboxylic acid groups (broad SMARTS) is 1. The minimum Gasteiger partial charge on any atom is -0.478 e. The van der Waals surface area contributed by atoms with E-state index in [1.54, 1.807) is 18.2 Å². The zero-order valence-corrected chi connectivity index (χ0v) is 20.4. The van der Waals surface area contributed by atoms with Crippen molar-refractivity contribution < 1.29 is 19.0 Å². The number of aromatic nitrogens is 1. The van der Waals surface area contributed by atoms with Gasteiger partial charge in [-0.25, -0.2) is 9.18 Å². The average Bonchev–Trinajstić information content (AvgIpc) is 3.35. The Morgan fingerprint density at radius 2 is 1.83 bits per heavy atom. The van der Waals surface area contributed by atoms with E-state index < -0.39 is 28.9 Å². The molecule has 1 atom stereocenters. The quantitative estimate of drug-likeness (QED) is 0.390. The van der Waals surface area contributed by atoms with Crippen molar-refractivity contribution in [3.63, 3.8) is 0 Å². The Kier molecular flexibility index (Phi) is 7.10. The highest BCUT2D eigenvalue weighted by atomic mass is 19.1. The van der Waals surface area contributed by atoms with E-state index in [2.05, 4.69) is 10.3 Å². The van der Waals surface area contributed by atoms with Crippen LogP contribution in [0.3, 0.4) is 0 Å². The van der Waals surface area contributed by atoms with Crippen molar-refractivity contribution in [2.75, 3.05) is 0 Å². The molecule has 2 aliphatic rings. The summed E-state index contributed by atoms with van der Waals surface area (Å²) < 4.78 is 21.3. The van der Waals surface area contributed by atoms with Gasteiger partial charge in [-0.2, -0.15) is 0 Å². The molecule has 3 aromatic rings. The third kappa shape index (κ3) is 5.03. The first kappa shape index (κ1) is 24.5. The van der Waals surface area contributed by atoms with Gasteiger partial charge in [-0.05, 0) is 43.4 Å². The van der Waals surface area contributed by atoms with Gasteiger partial charge in [-0.15, -0.1) is 0 Å². The summed E-state index contributed by atoms with van der Waals surface area (Å²) in [5.74, 6) is -1.71. The molecule has 0 radical (unpaired) electrons. The van der Waals surface area contributed by atoms with E-state index >= 15 is 4.39 Å². The maximum atomic E-state index is 15.6. The van der Waals surface area contributed by atoms with Crippen LogP contribution in [0.5, 0.6) is 5.75 Å². The van der Waals surface area contributed by atoms with Crippen LogP contribution in [-0.4, -0.2) is 28.2 Å². The van der Waals surface area contributed by atoms with Crippen molar-refractivity contribution in [2.45, 2.75) is 81.9 Å². The van der Waals surface area contributed by atoms with Gasteiger partial charge in [0, 0.05) is 29.8 Å². The van der Waals surface area contributed by atoms with E-state index in [0.29, 0.717) is 17.1 Å². The van der Waals surface area contributed by atoms with Gasteiger partial charge in [-0.1, -0.05) is 62.4 Å². The number of rotatable bonds is 8. The standard InChI is InChI=1S/C29H33FN2O4/c30-23-16-21-24(17-22(23)29(13-7-8-14-29)32-20-11-5-2-6-12-20)31-18-26(27(21)33)36-25(28(34)35)15-19-9-3-1-4-10-19/h1,3-4,9-10,16-18,20,25,32H,2,5-8,11-15H2,(H,31,33)(H,34,35)/t25-/m0/s1. The fourth-order valence-corrected chi connectivity index (χ4v) is 5.94. The summed E-state index contributed by atoms with van der Waals surface area (Å²) in [5, 5.41) is 13.6. The number of ether oxygens (including phenoxy) is 1. The number of hydrogen-bond acceptors (Lipinski definition) is 4. The van der Waals surface area contributed by atoms with Crippen LogP contribution in [0.4, 0.5) is 4.39 Å². The molecule has 36 heavy (non-hydrogen) atoms. The SMILES string of the molecule is O=C(O)[C@H](Cc1ccccc1)Oc1c[nH]c2cc(C3(NC4CCCCC4)CCCC3)c(F)cc2c1=O. The largest absolute Gasteiger partial charge is 0.478 e. The first-order valence-electron chi connectivity index (χ1n) is 13.0. The lowest BCUT2D eigenvalue weighted by molar-refractivity contribution is -0.145. The number of halogens is 1. The van der Waals surface area contributed by atoms with Gasteiger partial charge in [0.05, 0.1) is 10.9 Å². The number of aliphatic carboxylic acids is 1. The summed E-state index contributed by atoms with van der Waals surface area (Å²) in [6, 6.07) is 12.5. The molecule has 2 saturated carbocycles. The third-order valence-corrected chi connectivity index (χ3v) is 7.80. The molecule has 2 fully saturated rings. The van der Waals surface area contributed by atoms with Crippen LogP contribution in [0, 0.1) is 5.82 Å². The zero-order chi connectivity index (χ0) is 25.1. The predicted molar refractivity (Wildman–Crippen MR) is 137 cm³/mol. The molecule has 0 bridgehead atoms. The van der Waals surface area contributed by atoms with Crippen molar-refractivity contribution in [1.82, 2.24) is 10.3 Å². The molecule has 3 N–H and O–H groups in total. The van der Waals surface area contributed by atoms with Crippen LogP contribution in [0.2, 0.25) is 0 Å². The number of carboxylic acids is 1. The van der Waals surface area contributed by atoms with Crippen molar-refractivity contribution in [1.29, 1.82) is 0 Å². The molecule has 1 aromatic heterocycles. The van der Waals surface area contributed by atoms with Gasteiger partial charge in [0.15, 0.2) is 11.9 Å². The number of nitrogens with one attached hydrogen (secondary N) is 2. The number of fused-ring (bicyclic) bond motifs is 1. The zero-order valence-electron chi connectivity index (χ0n) is 20.4. The predicted octanol–water partition coefficient (Wildman–Crippen LogP) is 5.43. The highest BCUT2D eigenvalue weighted by molar-refractivity contribution is 5.81. The first-order valence-corrected chi connectivity index (χ1v) is 13.0. The van der Waals surface area contributed by atoms with E-state index in [1.807, 2.05) is 18.2 Å². The topological polar surface area (TPSA) is 91.4 Å². The van der Waals surface area contributed by atoms with Crippen molar-refractivity contribution in [2.24, 2.45) is 0 Å². The molecule has 2 aromatic carbocycles. The highest BCUT2D eigenvalue weighted by Crippen LogP contribution is 2.42. The normalized spacial score (nSPS) is 18.8. The summed E-state index contributed by atoms with van der Waals surface area (Å²) in [7, 11) is 0. The average molecular weight is 493 g/mol. The Hall–Kier alpha value is -3.19. The molecule has 2 aliphatic carbocycles. The molecule has 190 valence electrons. The van der Waals surface area contributed by atoms with Gasteiger partial charge in [0.2, 0.25) is 5.43 Å². The van der Waals surface area contributed by atoms with E-state index in [4.69, 9.17) is 4.74 Å². The second kappa shape index (κ2) is 10.4. The van der Waals surface area contributed by atoms with Crippen LogP contribution in [0.1, 0.15) is 68.9 Å². The molecule has 0 saturated heterocycles. The molecule has 6 nitrogen and oxygen atoms in total. The second-order valence-corrected chi connectivity index (χ2v) is 10.3. The Morgan fingerprint density at radius 1 is 1.11 bits per heavy atom. The van der Waals surface area contributed by atoms with E-state index in [-0.39, 0.29) is 17.6 Å². The molecule has 0 spiro atoms. The van der Waals surface area contributed by atoms with Crippen LogP contribution >= 0.6 is 0 Å². The van der Waals surface area contributed by atoms with Crippen LogP contribution in [0.15, 0.2) is 53.5 Å². The summed E-state index contributed by atoms with van der Waals surface area (Å²) in [5.41, 5.74) is 0.973. The molecule has 0 amide bonds. The molecule has 0 aliphatic heterocycles. The maximum Gasteiger partial charge on any atom is 0.345 e. The van der Waals surface area contributed by atoms with Crippen LogP contribution in [0.25, 0.3) is 10.9 Å². The molecular weight excluding hydrogens is 459 g/mol. The number of hydrogen-bond donors (Lipinski definition) is 3. The van der Waals surface area contributed by atoms with Crippen LogP contribution in [-0.2, 0) is 16.8 Å². The number of aromatic amines is 1. The number of pyridine rings is 1. The summed E-state index contributed by atoms with van der Waals surface area (Å²) in [6.07, 6.45) is 9.97. The molecule has 0 unspecified atom stereocenters. The van der Waals surface area contributed by atoms with Gasteiger partial charge in [-0.3, -0.25) is 4.79 Å². The fraction of sp³-hybridized carbons (Fsp3) is 0.448. The maximum absolute atomic E-state index is 15.6. The number of carbonyl (C=O) groups is 1. The first-order chi connectivity index (χ1) is 17.4. The smallest absolute Gasteiger partial charge is 0.345 e. The minimum atomic E-state index is -1.24. The Bertz CT molecular complexity index is 1280. The lowest BCUT2D eigenvalue weighted by Crippen LogP contribution is -2.47. The van der Waals surface area contributed by atoms with Gasteiger partial charge < -0.3 is 20.1 Å². The molecule has 7 heteroatoms. The van der Waals surface area contributed by atoms with Gasteiger partial charge in [0.25, 0.3) is 0 Å². The second-order valence-electron chi connectivity index (χ2n) is 10.3. The van der Waals surface area contributed by atoms with E-state index in [1.165, 1.54) is 31.5 Å². The van der Waals surface area contributed by atoms with Gasteiger partial charge >= 0.3 is 5.97 Å². The van der Waals surface area contributed by atoms with Crippen molar-refractivity contribution in [3.8, 4) is 5.75 Å². The van der Waals surface area contributed by atoms with Crippen molar-refractivity contribution in [3.05, 3.63) is 75.8 Å². The Morgan fingerprint density at radius 3 is 2.53 bits per heavy atom. The number of H-pyrrole nitrogens is 1. The third-order valence-electron chi connectivity index (χ3n) is 7.80. The summed E-state index contributed by atoms with van der Waals surface area (Å²) in [6.45, 7) is 0. The van der Waals surface area contributed by atoms with E-state index in [0.717, 1.165) is 44.1 Å². The van der Waals surface area contributed by atoms with Gasteiger partial charge in [0.1, 0.15) is 5.82 Å². The van der Waals surface area contributed by atoms with E-state index in [9.17, 15) is 14.7 Å². The fourth-order valence-electron chi connectivity index (χ4n) is 5.94.